The molecular weight excluding hydrogens is 343 g/mol. The van der Waals surface area contributed by atoms with Gasteiger partial charge in [0.1, 0.15) is 5.76 Å². The molecule has 0 spiro atoms. The lowest BCUT2D eigenvalue weighted by Gasteiger charge is -2.11. The van der Waals surface area contributed by atoms with Gasteiger partial charge in [-0.2, -0.15) is 4.98 Å². The third-order valence-corrected chi connectivity index (χ3v) is 5.43. The van der Waals surface area contributed by atoms with Gasteiger partial charge in [-0.25, -0.2) is 0 Å². The normalized spacial score (nSPS) is 11.6. The summed E-state index contributed by atoms with van der Waals surface area (Å²) in [6, 6.07) is 11.3. The average molecular weight is 362 g/mol. The van der Waals surface area contributed by atoms with Crippen molar-refractivity contribution in [2.24, 2.45) is 0 Å². The zero-order chi connectivity index (χ0) is 17.9. The lowest BCUT2D eigenvalue weighted by Crippen LogP contribution is -2.14. The number of rotatable bonds is 7. The highest BCUT2D eigenvalue weighted by molar-refractivity contribution is 7.62. The molecule has 0 aliphatic carbocycles. The van der Waals surface area contributed by atoms with Crippen LogP contribution in [0.1, 0.15) is 11.3 Å². The molecule has 0 fully saturated rings. The molecule has 132 valence electrons. The van der Waals surface area contributed by atoms with Gasteiger partial charge in [0, 0.05) is 19.8 Å². The van der Waals surface area contributed by atoms with Crippen molar-refractivity contribution in [3.63, 3.8) is 0 Å². The minimum Gasteiger partial charge on any atom is -0.467 e. The van der Waals surface area contributed by atoms with E-state index in [0.717, 1.165) is 11.1 Å². The van der Waals surface area contributed by atoms with Crippen molar-refractivity contribution in [3.05, 3.63) is 54.0 Å². The predicted molar refractivity (Wildman–Crippen MR) is 94.0 cm³/mol. The highest BCUT2D eigenvalue weighted by Gasteiger charge is 2.34. The molecule has 0 aliphatic heterocycles. The van der Waals surface area contributed by atoms with Crippen molar-refractivity contribution < 1.29 is 22.4 Å². The fourth-order valence-electron chi connectivity index (χ4n) is 2.26. The van der Waals surface area contributed by atoms with E-state index in [1.807, 2.05) is 37.3 Å². The smallest absolute Gasteiger partial charge is 0.384 e. The Bertz CT molecular complexity index is 863. The lowest BCUT2D eigenvalue weighted by molar-refractivity contribution is 0.286. The van der Waals surface area contributed by atoms with Crippen molar-refractivity contribution in [1.29, 1.82) is 0 Å². The van der Waals surface area contributed by atoms with Crippen LogP contribution in [0, 0.1) is 6.92 Å². The largest absolute Gasteiger partial charge is 0.467 e. The first-order valence-corrected chi connectivity index (χ1v) is 9.16. The van der Waals surface area contributed by atoms with Crippen LogP contribution in [0.3, 0.4) is 0 Å². The highest BCUT2D eigenvalue weighted by atomic mass is 31.2. The van der Waals surface area contributed by atoms with Crippen LogP contribution in [0.15, 0.2) is 51.5 Å². The third-order valence-electron chi connectivity index (χ3n) is 3.65. The molecule has 0 bridgehead atoms. The van der Waals surface area contributed by atoms with Crippen LogP contribution < -0.4 is 10.8 Å². The summed E-state index contributed by atoms with van der Waals surface area (Å²) in [6.45, 7) is 2.33. The number of anilines is 1. The summed E-state index contributed by atoms with van der Waals surface area (Å²) < 4.78 is 34.0. The van der Waals surface area contributed by atoms with Crippen LogP contribution in [0.5, 0.6) is 0 Å². The van der Waals surface area contributed by atoms with E-state index >= 15 is 0 Å². The van der Waals surface area contributed by atoms with Crippen LogP contribution in [-0.4, -0.2) is 19.2 Å². The molecule has 2 aromatic heterocycles. The molecule has 8 heteroatoms. The zero-order valence-electron chi connectivity index (χ0n) is 14.2. The van der Waals surface area contributed by atoms with Gasteiger partial charge in [-0.05, 0) is 31.2 Å². The molecule has 0 amide bonds. The van der Waals surface area contributed by atoms with E-state index in [4.69, 9.17) is 17.9 Å². The standard InChI is InChI=1S/C17H19N2O5P/c1-12-6-8-13(9-7-12)15-19-17(25(20,21-2)22-3)16(24-15)18-11-14-5-4-10-23-14/h4-10,18H,11H2,1-3H3. The van der Waals surface area contributed by atoms with Crippen molar-refractivity contribution in [1.82, 2.24) is 4.98 Å². The van der Waals surface area contributed by atoms with Gasteiger partial charge < -0.3 is 23.2 Å². The van der Waals surface area contributed by atoms with E-state index in [1.165, 1.54) is 14.2 Å². The van der Waals surface area contributed by atoms with E-state index in [0.29, 0.717) is 18.2 Å². The summed E-state index contributed by atoms with van der Waals surface area (Å²) in [7, 11) is -0.972. The molecular formula is C17H19N2O5P. The fourth-order valence-corrected chi connectivity index (χ4v) is 3.34. The summed E-state index contributed by atoms with van der Waals surface area (Å²) in [5, 5.41) is 3.04. The number of hydrogen-bond acceptors (Lipinski definition) is 7. The van der Waals surface area contributed by atoms with E-state index in [-0.39, 0.29) is 11.3 Å². The molecule has 25 heavy (non-hydrogen) atoms. The molecule has 0 saturated heterocycles. The maximum Gasteiger partial charge on any atom is 0.384 e. The fraction of sp³-hybridized carbons (Fsp3) is 0.235. The Hall–Kier alpha value is -2.34. The van der Waals surface area contributed by atoms with Gasteiger partial charge in [-0.15, -0.1) is 0 Å². The first-order valence-electron chi connectivity index (χ1n) is 7.62. The molecule has 3 aromatic rings. The number of oxazole rings is 1. The number of hydrogen-bond donors (Lipinski definition) is 1. The molecule has 0 saturated carbocycles. The number of nitrogens with zero attached hydrogens (tertiary/aromatic N) is 1. The Morgan fingerprint density at radius 3 is 2.48 bits per heavy atom. The van der Waals surface area contributed by atoms with Crippen LogP contribution in [0.25, 0.3) is 11.5 Å². The van der Waals surface area contributed by atoms with Crippen molar-refractivity contribution >= 4 is 18.9 Å². The van der Waals surface area contributed by atoms with Gasteiger partial charge in [0.25, 0.3) is 0 Å². The number of furan rings is 1. The third kappa shape index (κ3) is 3.69. The Morgan fingerprint density at radius 2 is 1.88 bits per heavy atom. The molecule has 2 heterocycles. The van der Waals surface area contributed by atoms with Gasteiger partial charge in [-0.3, -0.25) is 4.57 Å². The van der Waals surface area contributed by atoms with E-state index < -0.39 is 7.60 Å². The molecule has 1 aromatic carbocycles. The average Bonchev–Trinajstić information content (AvgIpc) is 3.30. The zero-order valence-corrected chi connectivity index (χ0v) is 15.1. The second-order valence-corrected chi connectivity index (χ2v) is 7.48. The topological polar surface area (TPSA) is 86.7 Å². The van der Waals surface area contributed by atoms with Crippen LogP contribution in [-0.2, 0) is 20.2 Å². The Balaban J connectivity index is 1.98. The quantitative estimate of drug-likeness (QED) is 0.637. The van der Waals surface area contributed by atoms with Crippen molar-refractivity contribution in [2.75, 3.05) is 19.5 Å². The summed E-state index contributed by atoms with van der Waals surface area (Å²) in [4.78, 5) is 4.35. The number of aromatic nitrogens is 1. The van der Waals surface area contributed by atoms with E-state index in [2.05, 4.69) is 10.3 Å². The van der Waals surface area contributed by atoms with Gasteiger partial charge in [0.15, 0.2) is 0 Å². The minimum atomic E-state index is -3.58. The monoisotopic (exact) mass is 362 g/mol. The van der Waals surface area contributed by atoms with Gasteiger partial charge >= 0.3 is 7.60 Å². The summed E-state index contributed by atoms with van der Waals surface area (Å²) in [5.74, 6) is 1.24. The summed E-state index contributed by atoms with van der Waals surface area (Å²) in [5.41, 5.74) is 1.97. The first-order chi connectivity index (χ1) is 12.1. The van der Waals surface area contributed by atoms with Crippen LogP contribution in [0.4, 0.5) is 5.88 Å². The maximum atomic E-state index is 12.8. The van der Waals surface area contributed by atoms with Crippen LogP contribution >= 0.6 is 7.60 Å². The molecule has 0 radical (unpaired) electrons. The summed E-state index contributed by atoms with van der Waals surface area (Å²) in [6.07, 6.45) is 1.57. The number of benzene rings is 1. The van der Waals surface area contributed by atoms with Gasteiger partial charge in [0.05, 0.1) is 12.8 Å². The minimum absolute atomic E-state index is 0.0969. The van der Waals surface area contributed by atoms with Crippen molar-refractivity contribution in [2.45, 2.75) is 13.5 Å². The summed E-state index contributed by atoms with van der Waals surface area (Å²) >= 11 is 0. The first kappa shape index (κ1) is 17.5. The molecule has 1 N–H and O–H groups in total. The molecule has 7 nitrogen and oxygen atoms in total. The number of nitrogens with one attached hydrogen (secondary N) is 1. The lowest BCUT2D eigenvalue weighted by atomic mass is 10.1. The Morgan fingerprint density at radius 1 is 1.16 bits per heavy atom. The Labute approximate surface area is 145 Å². The van der Waals surface area contributed by atoms with Crippen molar-refractivity contribution in [3.8, 4) is 11.5 Å². The van der Waals surface area contributed by atoms with E-state index in [9.17, 15) is 4.57 Å². The van der Waals surface area contributed by atoms with Gasteiger partial charge in [-0.1, -0.05) is 17.7 Å². The molecule has 0 aliphatic rings. The van der Waals surface area contributed by atoms with Crippen LogP contribution in [0.2, 0.25) is 0 Å². The molecule has 0 atom stereocenters. The number of aryl methyl sites for hydroxylation is 1. The second-order valence-electron chi connectivity index (χ2n) is 5.33. The molecule has 3 rings (SSSR count). The highest BCUT2D eigenvalue weighted by Crippen LogP contribution is 2.47. The second kappa shape index (κ2) is 7.27. The van der Waals surface area contributed by atoms with E-state index in [1.54, 1.807) is 12.3 Å². The van der Waals surface area contributed by atoms with Gasteiger partial charge in [0.2, 0.25) is 17.2 Å². The molecule has 0 unspecified atom stereocenters. The Kier molecular flexibility index (Phi) is 5.08. The predicted octanol–water partition coefficient (Wildman–Crippen LogP) is 3.97. The SMILES string of the molecule is COP(=O)(OC)c1nc(-c2ccc(C)cc2)oc1NCc1ccco1. The maximum absolute atomic E-state index is 12.8.